The van der Waals surface area contributed by atoms with Crippen LogP contribution in [0.1, 0.15) is 13.8 Å². The number of hydrogen-bond donors (Lipinski definition) is 2. The number of aliphatic hydroxyl groups excluding tert-OH is 2. The molecule has 9 heteroatoms. The van der Waals surface area contributed by atoms with E-state index in [1.54, 1.807) is 13.8 Å². The molecule has 2 N–H and O–H groups in total. The number of rotatable bonds is 4. The SMILES string of the molecule is CC1(C)O[C@H]2O[C@@](CO)(COS(C)(=O)=O)[C@H](O)[C@H]2O1. The second-order valence-corrected chi connectivity index (χ2v) is 6.86. The van der Waals surface area contributed by atoms with Crippen LogP contribution < -0.4 is 0 Å². The molecule has 0 bridgehead atoms. The third kappa shape index (κ3) is 2.92. The Kier molecular flexibility index (Phi) is 3.67. The molecule has 2 aliphatic heterocycles. The highest BCUT2D eigenvalue weighted by atomic mass is 32.2. The van der Waals surface area contributed by atoms with Gasteiger partial charge in [-0.15, -0.1) is 0 Å². The van der Waals surface area contributed by atoms with Crippen molar-refractivity contribution in [1.82, 2.24) is 0 Å². The molecule has 0 aromatic rings. The Labute approximate surface area is 111 Å². The first-order chi connectivity index (χ1) is 8.59. The molecule has 0 radical (unpaired) electrons. The van der Waals surface area contributed by atoms with E-state index in [4.69, 9.17) is 14.2 Å². The third-order valence-corrected chi connectivity index (χ3v) is 3.62. The fourth-order valence-electron chi connectivity index (χ4n) is 2.17. The molecular formula is C10H18O8S. The van der Waals surface area contributed by atoms with Crippen molar-refractivity contribution >= 4 is 10.1 Å². The Hall–Kier alpha value is -0.290. The van der Waals surface area contributed by atoms with E-state index >= 15 is 0 Å². The molecule has 0 spiro atoms. The predicted molar refractivity (Wildman–Crippen MR) is 61.5 cm³/mol. The van der Waals surface area contributed by atoms with E-state index in [0.717, 1.165) is 6.26 Å². The van der Waals surface area contributed by atoms with Gasteiger partial charge in [-0.25, -0.2) is 0 Å². The van der Waals surface area contributed by atoms with Gasteiger partial charge in [0.2, 0.25) is 0 Å². The van der Waals surface area contributed by atoms with Gasteiger partial charge in [0.15, 0.2) is 12.1 Å². The van der Waals surface area contributed by atoms with Crippen LogP contribution in [0.5, 0.6) is 0 Å². The lowest BCUT2D eigenvalue weighted by molar-refractivity contribution is -0.250. The molecule has 112 valence electrons. The van der Waals surface area contributed by atoms with Crippen molar-refractivity contribution in [3.05, 3.63) is 0 Å². The molecule has 8 nitrogen and oxygen atoms in total. The lowest BCUT2D eigenvalue weighted by atomic mass is 9.97. The van der Waals surface area contributed by atoms with E-state index in [0.29, 0.717) is 0 Å². The van der Waals surface area contributed by atoms with Crippen LogP contribution >= 0.6 is 0 Å². The van der Waals surface area contributed by atoms with Gasteiger partial charge in [0.05, 0.1) is 12.9 Å². The summed E-state index contributed by atoms with van der Waals surface area (Å²) in [5.74, 6) is -0.907. The Bertz CT molecular complexity index is 446. The highest BCUT2D eigenvalue weighted by molar-refractivity contribution is 7.85. The molecule has 0 unspecified atom stereocenters. The molecule has 19 heavy (non-hydrogen) atoms. The van der Waals surface area contributed by atoms with Crippen LogP contribution in [0.4, 0.5) is 0 Å². The van der Waals surface area contributed by atoms with Crippen molar-refractivity contribution in [3.63, 3.8) is 0 Å². The molecule has 0 aliphatic carbocycles. The minimum Gasteiger partial charge on any atom is -0.393 e. The lowest BCUT2D eigenvalue weighted by Crippen LogP contribution is -2.51. The Morgan fingerprint density at radius 3 is 2.37 bits per heavy atom. The summed E-state index contributed by atoms with van der Waals surface area (Å²) >= 11 is 0. The Morgan fingerprint density at radius 2 is 1.89 bits per heavy atom. The number of aliphatic hydroxyl groups is 2. The molecule has 2 rings (SSSR count). The third-order valence-electron chi connectivity index (χ3n) is 3.07. The zero-order valence-corrected chi connectivity index (χ0v) is 11.7. The first kappa shape index (κ1) is 15.1. The van der Waals surface area contributed by atoms with E-state index in [-0.39, 0.29) is 0 Å². The molecule has 0 amide bonds. The van der Waals surface area contributed by atoms with Crippen molar-refractivity contribution < 1.29 is 37.0 Å². The summed E-state index contributed by atoms with van der Waals surface area (Å²) < 4.78 is 42.9. The van der Waals surface area contributed by atoms with Gasteiger partial charge in [0, 0.05) is 0 Å². The monoisotopic (exact) mass is 298 g/mol. The van der Waals surface area contributed by atoms with E-state index in [1.165, 1.54) is 0 Å². The second kappa shape index (κ2) is 4.62. The number of fused-ring (bicyclic) bond motifs is 1. The summed E-state index contributed by atoms with van der Waals surface area (Å²) in [6.07, 6.45) is -2.06. The molecule has 2 fully saturated rings. The zero-order chi connectivity index (χ0) is 14.5. The van der Waals surface area contributed by atoms with Crippen LogP contribution in [0.3, 0.4) is 0 Å². The highest BCUT2D eigenvalue weighted by Crippen LogP contribution is 2.42. The fourth-order valence-corrected chi connectivity index (χ4v) is 2.58. The van der Waals surface area contributed by atoms with Gasteiger partial charge in [-0.3, -0.25) is 4.18 Å². The van der Waals surface area contributed by atoms with E-state index in [9.17, 15) is 18.6 Å². The first-order valence-electron chi connectivity index (χ1n) is 5.75. The quantitative estimate of drug-likeness (QED) is 0.607. The Balaban J connectivity index is 2.13. The molecular weight excluding hydrogens is 280 g/mol. The van der Waals surface area contributed by atoms with E-state index in [1.807, 2.05) is 0 Å². The summed E-state index contributed by atoms with van der Waals surface area (Å²) in [4.78, 5) is 0. The molecule has 0 aromatic carbocycles. The van der Waals surface area contributed by atoms with Gasteiger partial charge < -0.3 is 24.4 Å². The lowest BCUT2D eigenvalue weighted by Gasteiger charge is -2.31. The topological polar surface area (TPSA) is 112 Å². The summed E-state index contributed by atoms with van der Waals surface area (Å²) in [5, 5.41) is 19.6. The molecule has 4 atom stereocenters. The highest BCUT2D eigenvalue weighted by Gasteiger charge is 2.61. The average molecular weight is 298 g/mol. The van der Waals surface area contributed by atoms with Gasteiger partial charge in [-0.2, -0.15) is 8.42 Å². The van der Waals surface area contributed by atoms with Crippen molar-refractivity contribution in [2.24, 2.45) is 0 Å². The molecule has 2 saturated heterocycles. The molecule has 0 saturated carbocycles. The van der Waals surface area contributed by atoms with Crippen molar-refractivity contribution in [3.8, 4) is 0 Å². The minimum atomic E-state index is -3.71. The standard InChI is InChI=1S/C10H18O8S/c1-9(2)16-6-7(12)10(4-11,18-8(6)17-9)5-15-19(3,13)14/h6-8,11-12H,4-5H2,1-3H3/t6-,7-,8+,10+/m1/s1. The summed E-state index contributed by atoms with van der Waals surface area (Å²) in [7, 11) is -3.71. The van der Waals surface area contributed by atoms with Gasteiger partial charge in [-0.05, 0) is 13.8 Å². The normalized spacial score (nSPS) is 41.4. The van der Waals surface area contributed by atoms with Gasteiger partial charge in [0.25, 0.3) is 10.1 Å². The van der Waals surface area contributed by atoms with Crippen LogP contribution in [-0.2, 0) is 28.5 Å². The maximum Gasteiger partial charge on any atom is 0.264 e. The zero-order valence-electron chi connectivity index (χ0n) is 10.9. The Morgan fingerprint density at radius 1 is 1.26 bits per heavy atom. The van der Waals surface area contributed by atoms with Gasteiger partial charge in [0.1, 0.15) is 24.4 Å². The van der Waals surface area contributed by atoms with Crippen molar-refractivity contribution in [2.45, 2.75) is 43.7 Å². The second-order valence-electron chi connectivity index (χ2n) is 5.22. The maximum absolute atomic E-state index is 11.0. The van der Waals surface area contributed by atoms with E-state index < -0.39 is 53.2 Å². The fraction of sp³-hybridized carbons (Fsp3) is 1.00. The summed E-state index contributed by atoms with van der Waals surface area (Å²) in [6.45, 7) is 2.19. The van der Waals surface area contributed by atoms with Crippen LogP contribution in [0, 0.1) is 0 Å². The largest absolute Gasteiger partial charge is 0.393 e. The van der Waals surface area contributed by atoms with Crippen molar-refractivity contribution in [2.75, 3.05) is 19.5 Å². The summed E-state index contributed by atoms with van der Waals surface area (Å²) in [5.41, 5.74) is -1.57. The van der Waals surface area contributed by atoms with Crippen LogP contribution in [0.25, 0.3) is 0 Å². The summed E-state index contributed by atoms with van der Waals surface area (Å²) in [6, 6.07) is 0. The van der Waals surface area contributed by atoms with Crippen LogP contribution in [0.15, 0.2) is 0 Å². The van der Waals surface area contributed by atoms with Gasteiger partial charge >= 0.3 is 0 Å². The maximum atomic E-state index is 11.0. The van der Waals surface area contributed by atoms with Crippen LogP contribution in [-0.4, -0.2) is 68.0 Å². The molecule has 2 heterocycles. The van der Waals surface area contributed by atoms with Crippen molar-refractivity contribution in [1.29, 1.82) is 0 Å². The van der Waals surface area contributed by atoms with E-state index in [2.05, 4.69) is 4.18 Å². The number of ether oxygens (including phenoxy) is 3. The molecule has 2 aliphatic rings. The predicted octanol–water partition coefficient (Wildman–Crippen LogP) is -1.44. The average Bonchev–Trinajstić information content (AvgIpc) is 2.68. The smallest absolute Gasteiger partial charge is 0.264 e. The molecule has 0 aromatic heterocycles. The number of hydrogen-bond acceptors (Lipinski definition) is 8. The van der Waals surface area contributed by atoms with Gasteiger partial charge in [-0.1, -0.05) is 0 Å². The minimum absolute atomic E-state index is 0.510. The first-order valence-corrected chi connectivity index (χ1v) is 7.57. The van der Waals surface area contributed by atoms with Crippen LogP contribution in [0.2, 0.25) is 0 Å².